The average molecular weight is 272 g/mol. The first-order valence-electron chi connectivity index (χ1n) is 7.17. The lowest BCUT2D eigenvalue weighted by atomic mass is 9.85. The third kappa shape index (κ3) is 4.78. The number of hydrogen-bond donors (Lipinski definition) is 2. The fourth-order valence-corrected chi connectivity index (χ4v) is 2.32. The van der Waals surface area contributed by atoms with E-state index in [1.165, 1.54) is 5.56 Å². The van der Waals surface area contributed by atoms with Crippen molar-refractivity contribution in [2.45, 2.75) is 39.7 Å². The Hall–Kier alpha value is -1.68. The number of nitrogens with one attached hydrogen (secondary N) is 2. The molecule has 108 valence electrons. The van der Waals surface area contributed by atoms with Crippen LogP contribution in [0.25, 0.3) is 0 Å². The number of aromatic nitrogens is 3. The summed E-state index contributed by atoms with van der Waals surface area (Å²) in [5.41, 5.74) is 1.64. The number of nitrogens with zero attached hydrogens (tertiary/aromatic N) is 2. The van der Waals surface area contributed by atoms with Gasteiger partial charge in [-0.1, -0.05) is 51.1 Å². The average Bonchev–Trinajstić information content (AvgIpc) is 2.90. The van der Waals surface area contributed by atoms with Crippen LogP contribution in [-0.2, 0) is 6.42 Å². The molecule has 2 aromatic rings. The summed E-state index contributed by atoms with van der Waals surface area (Å²) in [7, 11) is 0. The quantitative estimate of drug-likeness (QED) is 0.849. The maximum absolute atomic E-state index is 4.15. The Morgan fingerprint density at radius 1 is 1.20 bits per heavy atom. The van der Waals surface area contributed by atoms with E-state index in [1.807, 2.05) is 0 Å². The number of rotatable bonds is 6. The maximum atomic E-state index is 4.15. The Morgan fingerprint density at radius 2 is 1.95 bits per heavy atom. The van der Waals surface area contributed by atoms with Crippen molar-refractivity contribution in [2.24, 2.45) is 5.41 Å². The van der Waals surface area contributed by atoms with Gasteiger partial charge in [-0.15, -0.1) is 0 Å². The van der Waals surface area contributed by atoms with Gasteiger partial charge in [-0.3, -0.25) is 5.10 Å². The minimum absolute atomic E-state index is 0.291. The van der Waals surface area contributed by atoms with Gasteiger partial charge in [-0.25, -0.2) is 4.98 Å². The van der Waals surface area contributed by atoms with Crippen LogP contribution in [-0.4, -0.2) is 21.7 Å². The van der Waals surface area contributed by atoms with Crippen molar-refractivity contribution in [1.29, 1.82) is 0 Å². The van der Waals surface area contributed by atoms with Crippen LogP contribution in [0, 0.1) is 5.41 Å². The van der Waals surface area contributed by atoms with Crippen LogP contribution in [0.3, 0.4) is 0 Å². The van der Waals surface area contributed by atoms with E-state index < -0.39 is 0 Å². The second-order valence-corrected chi connectivity index (χ2v) is 6.36. The van der Waals surface area contributed by atoms with E-state index in [2.05, 4.69) is 71.6 Å². The molecule has 0 aliphatic rings. The van der Waals surface area contributed by atoms with Gasteiger partial charge in [0.05, 0.1) is 0 Å². The van der Waals surface area contributed by atoms with Gasteiger partial charge < -0.3 is 5.32 Å². The molecule has 0 amide bonds. The summed E-state index contributed by atoms with van der Waals surface area (Å²) in [5.74, 6) is 0.931. The van der Waals surface area contributed by atoms with Crippen molar-refractivity contribution in [3.8, 4) is 0 Å². The molecule has 0 saturated heterocycles. The van der Waals surface area contributed by atoms with Crippen molar-refractivity contribution in [3.05, 3.63) is 48.0 Å². The van der Waals surface area contributed by atoms with E-state index in [4.69, 9.17) is 0 Å². The Bertz CT molecular complexity index is 485. The summed E-state index contributed by atoms with van der Waals surface area (Å²) in [6, 6.07) is 11.0. The molecule has 0 spiro atoms. The fourth-order valence-electron chi connectivity index (χ4n) is 2.32. The Kier molecular flexibility index (Phi) is 4.90. The Labute approximate surface area is 121 Å². The highest BCUT2D eigenvalue weighted by Gasteiger charge is 2.19. The van der Waals surface area contributed by atoms with E-state index in [0.717, 1.165) is 25.2 Å². The number of H-pyrrole nitrogens is 1. The Morgan fingerprint density at radius 3 is 2.55 bits per heavy atom. The molecular formula is C16H24N4. The summed E-state index contributed by atoms with van der Waals surface area (Å²) in [5, 5.41) is 10.4. The van der Waals surface area contributed by atoms with E-state index >= 15 is 0 Å². The van der Waals surface area contributed by atoms with E-state index in [0.29, 0.717) is 11.5 Å². The lowest BCUT2D eigenvalue weighted by Gasteiger charge is -2.27. The zero-order valence-corrected chi connectivity index (χ0v) is 12.6. The van der Waals surface area contributed by atoms with Crippen molar-refractivity contribution in [1.82, 2.24) is 20.5 Å². The number of hydrogen-bond acceptors (Lipinski definition) is 3. The predicted molar refractivity (Wildman–Crippen MR) is 81.3 cm³/mol. The highest BCUT2D eigenvalue weighted by Crippen LogP contribution is 2.29. The molecule has 0 radical (unpaired) electrons. The monoisotopic (exact) mass is 272 g/mol. The molecule has 1 aromatic carbocycles. The molecule has 4 heteroatoms. The molecule has 2 rings (SSSR count). The molecule has 1 atom stereocenters. The zero-order chi connectivity index (χ0) is 14.4. The molecule has 0 bridgehead atoms. The van der Waals surface area contributed by atoms with Gasteiger partial charge in [-0.2, -0.15) is 5.10 Å². The van der Waals surface area contributed by atoms with Crippen LogP contribution in [0.1, 0.15) is 44.6 Å². The van der Waals surface area contributed by atoms with Crippen LogP contribution < -0.4 is 5.32 Å². The summed E-state index contributed by atoms with van der Waals surface area (Å²) in [4.78, 5) is 4.15. The third-order valence-corrected chi connectivity index (χ3v) is 3.24. The van der Waals surface area contributed by atoms with E-state index in [1.54, 1.807) is 6.33 Å². The van der Waals surface area contributed by atoms with Gasteiger partial charge in [0, 0.05) is 19.0 Å². The lowest BCUT2D eigenvalue weighted by molar-refractivity contribution is 0.312. The van der Waals surface area contributed by atoms with Crippen LogP contribution in [0.5, 0.6) is 0 Å². The fraction of sp³-hybridized carbons (Fsp3) is 0.500. The van der Waals surface area contributed by atoms with Gasteiger partial charge in [0.1, 0.15) is 12.2 Å². The SMILES string of the molecule is CC(C)(C)CC(NCCc1ncn[nH]1)c1ccccc1. The molecule has 0 aliphatic carbocycles. The first-order valence-corrected chi connectivity index (χ1v) is 7.17. The van der Waals surface area contributed by atoms with Crippen LogP contribution >= 0.6 is 0 Å². The highest BCUT2D eigenvalue weighted by molar-refractivity contribution is 5.19. The van der Waals surface area contributed by atoms with Gasteiger partial charge in [-0.05, 0) is 17.4 Å². The maximum Gasteiger partial charge on any atom is 0.137 e. The first-order chi connectivity index (χ1) is 9.54. The molecule has 4 nitrogen and oxygen atoms in total. The summed E-state index contributed by atoms with van der Waals surface area (Å²) < 4.78 is 0. The topological polar surface area (TPSA) is 53.6 Å². The normalized spacial score (nSPS) is 13.3. The standard InChI is InChI=1S/C16H24N4/c1-16(2,3)11-14(13-7-5-4-6-8-13)17-10-9-15-18-12-19-20-15/h4-8,12,14,17H,9-11H2,1-3H3,(H,18,19,20). The van der Waals surface area contributed by atoms with Crippen molar-refractivity contribution >= 4 is 0 Å². The second kappa shape index (κ2) is 6.66. The molecule has 1 unspecified atom stereocenters. The van der Waals surface area contributed by atoms with Crippen LogP contribution in [0.4, 0.5) is 0 Å². The highest BCUT2D eigenvalue weighted by atomic mass is 15.2. The molecule has 1 aromatic heterocycles. The smallest absolute Gasteiger partial charge is 0.137 e. The number of benzene rings is 1. The second-order valence-electron chi connectivity index (χ2n) is 6.36. The van der Waals surface area contributed by atoms with Gasteiger partial charge in [0.2, 0.25) is 0 Å². The molecule has 20 heavy (non-hydrogen) atoms. The van der Waals surface area contributed by atoms with Gasteiger partial charge >= 0.3 is 0 Å². The lowest BCUT2D eigenvalue weighted by Crippen LogP contribution is -2.27. The van der Waals surface area contributed by atoms with Crippen molar-refractivity contribution in [2.75, 3.05) is 6.54 Å². The largest absolute Gasteiger partial charge is 0.309 e. The summed E-state index contributed by atoms with van der Waals surface area (Å²) in [6.07, 6.45) is 3.53. The molecule has 0 fully saturated rings. The van der Waals surface area contributed by atoms with Gasteiger partial charge in [0.25, 0.3) is 0 Å². The molecule has 2 N–H and O–H groups in total. The summed E-state index contributed by atoms with van der Waals surface area (Å²) >= 11 is 0. The minimum atomic E-state index is 0.291. The molecule has 1 heterocycles. The molecular weight excluding hydrogens is 248 g/mol. The van der Waals surface area contributed by atoms with E-state index in [-0.39, 0.29) is 0 Å². The Balaban J connectivity index is 1.96. The molecule has 0 saturated carbocycles. The van der Waals surface area contributed by atoms with E-state index in [9.17, 15) is 0 Å². The predicted octanol–water partition coefficient (Wildman–Crippen LogP) is 3.11. The van der Waals surface area contributed by atoms with Crippen LogP contribution in [0.15, 0.2) is 36.7 Å². The molecule has 0 aliphatic heterocycles. The van der Waals surface area contributed by atoms with Crippen LogP contribution in [0.2, 0.25) is 0 Å². The first kappa shape index (κ1) is 14.7. The third-order valence-electron chi connectivity index (χ3n) is 3.24. The zero-order valence-electron chi connectivity index (χ0n) is 12.6. The van der Waals surface area contributed by atoms with Crippen molar-refractivity contribution in [3.63, 3.8) is 0 Å². The number of aromatic amines is 1. The minimum Gasteiger partial charge on any atom is -0.309 e. The van der Waals surface area contributed by atoms with Crippen molar-refractivity contribution < 1.29 is 0 Å². The summed E-state index contributed by atoms with van der Waals surface area (Å²) in [6.45, 7) is 7.73. The van der Waals surface area contributed by atoms with Gasteiger partial charge in [0.15, 0.2) is 0 Å².